The first kappa shape index (κ1) is 20.5. The number of carbonyl (C=O) groups is 2. The van der Waals surface area contributed by atoms with Crippen molar-refractivity contribution in [2.24, 2.45) is 17.6 Å². The minimum atomic E-state index is -0.539. The Morgan fingerprint density at radius 3 is 2.38 bits per heavy atom. The molecule has 1 saturated heterocycles. The van der Waals surface area contributed by atoms with E-state index < -0.39 is 6.04 Å². The first-order valence-electron chi connectivity index (χ1n) is 8.11. The number of nitrogens with zero attached hydrogens (tertiary/aromatic N) is 1. The van der Waals surface area contributed by atoms with Crippen molar-refractivity contribution >= 4 is 24.3 Å². The fraction of sp³-hybridized carbons (Fsp3) is 0.556. The SMILES string of the molecule is COC(=O)C1CC(c2ccccc2)CN(C(=O)[C@@H](N)C(C)C)C1.Cl. The Labute approximate surface area is 149 Å². The second-order valence-electron chi connectivity index (χ2n) is 6.58. The Morgan fingerprint density at radius 1 is 1.21 bits per heavy atom. The van der Waals surface area contributed by atoms with Crippen LogP contribution in [0, 0.1) is 11.8 Å². The zero-order valence-electron chi connectivity index (χ0n) is 14.5. The van der Waals surface area contributed by atoms with Gasteiger partial charge in [0, 0.05) is 19.0 Å². The molecule has 0 aromatic heterocycles. The molecular weight excluding hydrogens is 328 g/mol. The molecule has 0 aliphatic carbocycles. The average Bonchev–Trinajstić information content (AvgIpc) is 2.59. The minimum absolute atomic E-state index is 0. The number of benzene rings is 1. The van der Waals surface area contributed by atoms with Crippen LogP contribution in [-0.4, -0.2) is 43.0 Å². The van der Waals surface area contributed by atoms with Crippen molar-refractivity contribution in [3.05, 3.63) is 35.9 Å². The van der Waals surface area contributed by atoms with Gasteiger partial charge >= 0.3 is 5.97 Å². The second-order valence-corrected chi connectivity index (χ2v) is 6.58. The summed E-state index contributed by atoms with van der Waals surface area (Å²) in [4.78, 5) is 26.4. The van der Waals surface area contributed by atoms with Gasteiger partial charge in [0.2, 0.25) is 5.91 Å². The minimum Gasteiger partial charge on any atom is -0.469 e. The van der Waals surface area contributed by atoms with Crippen molar-refractivity contribution in [1.82, 2.24) is 4.90 Å². The molecule has 0 saturated carbocycles. The highest BCUT2D eigenvalue weighted by Gasteiger charge is 2.36. The highest BCUT2D eigenvalue weighted by atomic mass is 35.5. The quantitative estimate of drug-likeness (QED) is 0.841. The third-order valence-electron chi connectivity index (χ3n) is 4.57. The van der Waals surface area contributed by atoms with Gasteiger partial charge in [-0.05, 0) is 17.9 Å². The highest BCUT2D eigenvalue weighted by Crippen LogP contribution is 2.31. The van der Waals surface area contributed by atoms with E-state index in [0.717, 1.165) is 5.56 Å². The summed E-state index contributed by atoms with van der Waals surface area (Å²) < 4.78 is 4.90. The molecule has 2 unspecified atom stereocenters. The summed E-state index contributed by atoms with van der Waals surface area (Å²) in [6, 6.07) is 9.45. The zero-order valence-corrected chi connectivity index (χ0v) is 15.3. The van der Waals surface area contributed by atoms with Crippen molar-refractivity contribution in [3.63, 3.8) is 0 Å². The summed E-state index contributed by atoms with van der Waals surface area (Å²) in [5, 5.41) is 0. The average molecular weight is 355 g/mol. The molecule has 1 aromatic carbocycles. The molecule has 2 N–H and O–H groups in total. The second kappa shape index (κ2) is 9.04. The van der Waals surface area contributed by atoms with E-state index in [0.29, 0.717) is 19.5 Å². The number of halogens is 1. The molecule has 3 atom stereocenters. The first-order valence-corrected chi connectivity index (χ1v) is 8.11. The van der Waals surface area contributed by atoms with Crippen LogP contribution in [0.2, 0.25) is 0 Å². The number of hydrogen-bond acceptors (Lipinski definition) is 4. The molecule has 6 heteroatoms. The Bertz CT molecular complexity index is 550. The molecule has 1 amide bonds. The van der Waals surface area contributed by atoms with Crippen molar-refractivity contribution in [3.8, 4) is 0 Å². The number of piperidine rings is 1. The summed E-state index contributed by atoms with van der Waals surface area (Å²) in [6.07, 6.45) is 0.692. The molecule has 0 radical (unpaired) electrons. The van der Waals surface area contributed by atoms with Crippen molar-refractivity contribution < 1.29 is 14.3 Å². The lowest BCUT2D eigenvalue weighted by atomic mass is 9.84. The lowest BCUT2D eigenvalue weighted by Crippen LogP contribution is -2.52. The summed E-state index contributed by atoms with van der Waals surface area (Å²) >= 11 is 0. The molecule has 134 valence electrons. The monoisotopic (exact) mass is 354 g/mol. The molecule has 0 spiro atoms. The van der Waals surface area contributed by atoms with Gasteiger partial charge in [-0.3, -0.25) is 9.59 Å². The van der Waals surface area contributed by atoms with Gasteiger partial charge in [0.15, 0.2) is 0 Å². The fourth-order valence-electron chi connectivity index (χ4n) is 3.08. The lowest BCUT2D eigenvalue weighted by molar-refractivity contribution is -0.149. The third-order valence-corrected chi connectivity index (χ3v) is 4.57. The summed E-state index contributed by atoms with van der Waals surface area (Å²) in [5.74, 6) is -0.466. The first-order chi connectivity index (χ1) is 10.9. The van der Waals surface area contributed by atoms with Crippen LogP contribution < -0.4 is 5.73 Å². The van der Waals surface area contributed by atoms with Crippen LogP contribution in [0.3, 0.4) is 0 Å². The number of likely N-dealkylation sites (tertiary alicyclic amines) is 1. The molecule has 0 bridgehead atoms. The Hall–Kier alpha value is -1.59. The van der Waals surface area contributed by atoms with E-state index in [1.165, 1.54) is 7.11 Å². The van der Waals surface area contributed by atoms with Gasteiger partial charge in [-0.15, -0.1) is 12.4 Å². The van der Waals surface area contributed by atoms with Crippen LogP contribution in [0.15, 0.2) is 30.3 Å². The number of methoxy groups -OCH3 is 1. The molecule has 5 nitrogen and oxygen atoms in total. The van der Waals surface area contributed by atoms with Crippen molar-refractivity contribution in [1.29, 1.82) is 0 Å². The van der Waals surface area contributed by atoms with Gasteiger partial charge in [-0.2, -0.15) is 0 Å². The van der Waals surface area contributed by atoms with Crippen LogP contribution in [0.4, 0.5) is 0 Å². The van der Waals surface area contributed by atoms with Gasteiger partial charge in [-0.1, -0.05) is 44.2 Å². The highest BCUT2D eigenvalue weighted by molar-refractivity contribution is 5.85. The molecule has 1 aliphatic rings. The van der Waals surface area contributed by atoms with Gasteiger partial charge in [0.1, 0.15) is 0 Å². The fourth-order valence-corrected chi connectivity index (χ4v) is 3.08. The summed E-state index contributed by atoms with van der Waals surface area (Å²) in [5.41, 5.74) is 7.16. The number of rotatable bonds is 4. The van der Waals surface area contributed by atoms with E-state index in [-0.39, 0.29) is 42.0 Å². The van der Waals surface area contributed by atoms with Crippen LogP contribution in [0.25, 0.3) is 0 Å². The van der Waals surface area contributed by atoms with Gasteiger partial charge < -0.3 is 15.4 Å². The lowest BCUT2D eigenvalue weighted by Gasteiger charge is -2.38. The number of ether oxygens (including phenoxy) is 1. The van der Waals surface area contributed by atoms with E-state index >= 15 is 0 Å². The third kappa shape index (κ3) is 4.71. The molecule has 1 aromatic rings. The van der Waals surface area contributed by atoms with E-state index in [1.807, 2.05) is 44.2 Å². The Morgan fingerprint density at radius 2 is 1.83 bits per heavy atom. The molecule has 1 fully saturated rings. The van der Waals surface area contributed by atoms with E-state index in [1.54, 1.807) is 4.90 Å². The predicted molar refractivity (Wildman–Crippen MR) is 95.9 cm³/mol. The number of amides is 1. The summed E-state index contributed by atoms with van der Waals surface area (Å²) in [6.45, 7) is 4.84. The van der Waals surface area contributed by atoms with E-state index in [2.05, 4.69) is 0 Å². The van der Waals surface area contributed by atoms with Crippen LogP contribution >= 0.6 is 12.4 Å². The number of carbonyl (C=O) groups excluding carboxylic acids is 2. The van der Waals surface area contributed by atoms with Crippen molar-refractivity contribution in [2.75, 3.05) is 20.2 Å². The topological polar surface area (TPSA) is 72.6 Å². The largest absolute Gasteiger partial charge is 0.469 e. The zero-order chi connectivity index (χ0) is 17.0. The number of nitrogens with two attached hydrogens (primary N) is 1. The normalized spacial score (nSPS) is 21.8. The molecule has 24 heavy (non-hydrogen) atoms. The van der Waals surface area contributed by atoms with Gasteiger partial charge in [0.05, 0.1) is 19.1 Å². The van der Waals surface area contributed by atoms with Crippen LogP contribution in [0.5, 0.6) is 0 Å². The van der Waals surface area contributed by atoms with E-state index in [9.17, 15) is 9.59 Å². The maximum absolute atomic E-state index is 12.6. The molecule has 1 aliphatic heterocycles. The van der Waals surface area contributed by atoms with Crippen LogP contribution in [-0.2, 0) is 14.3 Å². The predicted octanol–water partition coefficient (Wildman–Crippen LogP) is 2.20. The smallest absolute Gasteiger partial charge is 0.310 e. The Balaban J connectivity index is 0.00000288. The van der Waals surface area contributed by atoms with Gasteiger partial charge in [0.25, 0.3) is 0 Å². The van der Waals surface area contributed by atoms with Crippen LogP contribution in [0.1, 0.15) is 31.7 Å². The van der Waals surface area contributed by atoms with Gasteiger partial charge in [-0.25, -0.2) is 0 Å². The van der Waals surface area contributed by atoms with Crippen molar-refractivity contribution in [2.45, 2.75) is 32.2 Å². The maximum atomic E-state index is 12.6. The standard InChI is InChI=1S/C18H26N2O3.ClH/c1-12(2)16(19)17(21)20-10-14(13-7-5-4-6-8-13)9-15(11-20)18(22)23-3;/h4-8,12,14-16H,9-11,19H2,1-3H3;1H/t14?,15?,16-;/m0./s1. The van der Waals surface area contributed by atoms with E-state index in [4.69, 9.17) is 10.5 Å². The summed E-state index contributed by atoms with van der Waals surface area (Å²) in [7, 11) is 1.39. The molecule has 1 heterocycles. The maximum Gasteiger partial charge on any atom is 0.310 e. The molecular formula is C18H27ClN2O3. The Kier molecular flexibility index (Phi) is 7.70. The number of esters is 1. The molecule has 2 rings (SSSR count). The number of hydrogen-bond donors (Lipinski definition) is 1.